The molecule has 0 fully saturated rings. The van der Waals surface area contributed by atoms with Gasteiger partial charge in [-0.05, 0) is 41.5 Å². The van der Waals surface area contributed by atoms with Gasteiger partial charge in [-0.1, -0.05) is 68.4 Å². The zero-order valence-corrected chi connectivity index (χ0v) is 21.5. The van der Waals surface area contributed by atoms with Crippen LogP contribution in [-0.4, -0.2) is 11.1 Å². The Morgan fingerprint density at radius 2 is 1.62 bits per heavy atom. The Labute approximate surface area is 214 Å². The summed E-state index contributed by atoms with van der Waals surface area (Å²) in [5, 5.41) is 2.93. The normalized spacial score (nSPS) is 10.3. The summed E-state index contributed by atoms with van der Waals surface area (Å²) in [6, 6.07) is 17.6. The highest BCUT2D eigenvalue weighted by atomic mass is 35.5. The highest BCUT2D eigenvalue weighted by Crippen LogP contribution is 2.36. The van der Waals surface area contributed by atoms with Crippen molar-refractivity contribution in [3.05, 3.63) is 82.7 Å². The molecule has 3 aromatic rings. The Morgan fingerprint density at radius 1 is 0.971 bits per heavy atom. The first-order valence-electron chi connectivity index (χ1n) is 10.9. The van der Waals surface area contributed by atoms with Crippen LogP contribution in [0.15, 0.2) is 54.6 Å². The maximum atomic E-state index is 12.7. The predicted octanol–water partition coefficient (Wildman–Crippen LogP) is 5.77. The van der Waals surface area contributed by atoms with Gasteiger partial charge in [0, 0.05) is 24.3 Å². The number of nitrogens with zero attached hydrogens (tertiary/aromatic N) is 1. The number of hydrogen-bond acceptors (Lipinski definition) is 5. The molecule has 0 bridgehead atoms. The number of carbonyl (C=O) groups excluding carboxylic acids is 1. The highest BCUT2D eigenvalue weighted by molar-refractivity contribution is 5.94. The Morgan fingerprint density at radius 3 is 2.18 bits per heavy atom. The van der Waals surface area contributed by atoms with Gasteiger partial charge in [0.25, 0.3) is 0 Å². The molecule has 0 aliphatic heterocycles. The third kappa shape index (κ3) is 7.43. The molecule has 0 spiro atoms. The van der Waals surface area contributed by atoms with Gasteiger partial charge >= 0.3 is 6.09 Å². The van der Waals surface area contributed by atoms with Crippen LogP contribution in [0.2, 0.25) is 0 Å². The van der Waals surface area contributed by atoms with E-state index in [1.54, 1.807) is 0 Å². The number of aryl methyl sites for hydroxylation is 1. The maximum absolute atomic E-state index is 12.7. The number of benzene rings is 2. The molecular weight excluding hydrogens is 471 g/mol. The summed E-state index contributed by atoms with van der Waals surface area (Å²) >= 11 is 0. The fraction of sp³-hybridized carbons (Fsp3) is 0.308. The van der Waals surface area contributed by atoms with E-state index in [9.17, 15) is 4.79 Å². The van der Waals surface area contributed by atoms with Crippen molar-refractivity contribution < 1.29 is 9.53 Å². The summed E-state index contributed by atoms with van der Waals surface area (Å²) in [6.45, 7) is 7.18. The molecule has 1 aromatic heterocycles. The van der Waals surface area contributed by atoms with Gasteiger partial charge in [0.1, 0.15) is 6.61 Å². The first-order valence-corrected chi connectivity index (χ1v) is 10.9. The van der Waals surface area contributed by atoms with Gasteiger partial charge < -0.3 is 16.2 Å². The van der Waals surface area contributed by atoms with Gasteiger partial charge in [0.15, 0.2) is 0 Å². The van der Waals surface area contributed by atoms with Gasteiger partial charge in [0.2, 0.25) is 0 Å². The number of rotatable bonds is 8. The number of ether oxygens (including phenoxy) is 1. The van der Waals surface area contributed by atoms with Crippen LogP contribution in [-0.2, 0) is 30.9 Å². The molecule has 3 rings (SSSR count). The molecule has 1 amide bonds. The van der Waals surface area contributed by atoms with Crippen LogP contribution in [0.1, 0.15) is 41.9 Å². The number of anilines is 1. The highest BCUT2D eigenvalue weighted by Gasteiger charge is 2.21. The SMILES string of the molecule is Cc1nc(CC(C)C)c(CN)c(-c2ccc(CN)cc2)c1NC(=O)OCc1ccccc1.Cl.Cl. The fourth-order valence-corrected chi connectivity index (χ4v) is 3.72. The molecule has 8 heteroatoms. The topological polar surface area (TPSA) is 103 Å². The van der Waals surface area contributed by atoms with Crippen molar-refractivity contribution in [2.75, 3.05) is 5.32 Å². The molecule has 0 atom stereocenters. The lowest BCUT2D eigenvalue weighted by molar-refractivity contribution is 0.155. The molecule has 6 nitrogen and oxygen atoms in total. The zero-order valence-electron chi connectivity index (χ0n) is 19.8. The third-order valence-electron chi connectivity index (χ3n) is 5.29. The van der Waals surface area contributed by atoms with Crippen molar-refractivity contribution in [3.63, 3.8) is 0 Å². The second-order valence-corrected chi connectivity index (χ2v) is 8.26. The van der Waals surface area contributed by atoms with Crippen molar-refractivity contribution in [1.82, 2.24) is 4.98 Å². The van der Waals surface area contributed by atoms with Gasteiger partial charge in [0.05, 0.1) is 11.4 Å². The smallest absolute Gasteiger partial charge is 0.412 e. The van der Waals surface area contributed by atoms with E-state index >= 15 is 0 Å². The average Bonchev–Trinajstić information content (AvgIpc) is 2.79. The van der Waals surface area contributed by atoms with E-state index in [2.05, 4.69) is 19.2 Å². The molecule has 0 unspecified atom stereocenters. The molecule has 5 N–H and O–H groups in total. The van der Waals surface area contributed by atoms with Crippen LogP contribution in [0.5, 0.6) is 0 Å². The largest absolute Gasteiger partial charge is 0.444 e. The zero-order chi connectivity index (χ0) is 23.1. The number of pyridine rings is 1. The quantitative estimate of drug-likeness (QED) is 0.361. The molecule has 1 heterocycles. The predicted molar refractivity (Wildman–Crippen MR) is 143 cm³/mol. The second-order valence-electron chi connectivity index (χ2n) is 8.26. The molecule has 0 aliphatic rings. The summed E-state index contributed by atoms with van der Waals surface area (Å²) in [6.07, 6.45) is 0.276. The number of nitrogens with one attached hydrogen (secondary N) is 1. The van der Waals surface area contributed by atoms with E-state index in [0.29, 0.717) is 24.7 Å². The van der Waals surface area contributed by atoms with Crippen molar-refractivity contribution >= 4 is 36.6 Å². The van der Waals surface area contributed by atoms with Crippen molar-refractivity contribution in [3.8, 4) is 11.1 Å². The number of hydrogen-bond donors (Lipinski definition) is 3. The number of nitrogens with two attached hydrogens (primary N) is 2. The summed E-state index contributed by atoms with van der Waals surface area (Å²) in [4.78, 5) is 17.5. The maximum Gasteiger partial charge on any atom is 0.412 e. The minimum Gasteiger partial charge on any atom is -0.444 e. The molecule has 0 radical (unpaired) electrons. The Balaban J connectivity index is 0.00000289. The van der Waals surface area contributed by atoms with Crippen LogP contribution >= 0.6 is 24.8 Å². The first kappa shape index (κ1) is 29.4. The number of amides is 1. The minimum atomic E-state index is -0.529. The number of aromatic nitrogens is 1. The molecule has 34 heavy (non-hydrogen) atoms. The summed E-state index contributed by atoms with van der Waals surface area (Å²) < 4.78 is 5.46. The van der Waals surface area contributed by atoms with Crippen LogP contribution in [0, 0.1) is 12.8 Å². The lowest BCUT2D eigenvalue weighted by Gasteiger charge is -2.21. The molecule has 0 saturated heterocycles. The van der Waals surface area contributed by atoms with Crippen LogP contribution in [0.4, 0.5) is 10.5 Å². The van der Waals surface area contributed by atoms with Crippen LogP contribution < -0.4 is 16.8 Å². The summed E-state index contributed by atoms with van der Waals surface area (Å²) in [5.41, 5.74) is 19.0. The average molecular weight is 505 g/mol. The lowest BCUT2D eigenvalue weighted by atomic mass is 9.92. The second kappa shape index (κ2) is 13.9. The fourth-order valence-electron chi connectivity index (χ4n) is 3.72. The minimum absolute atomic E-state index is 0. The van der Waals surface area contributed by atoms with E-state index in [4.69, 9.17) is 21.2 Å². The molecule has 0 aliphatic carbocycles. The summed E-state index contributed by atoms with van der Waals surface area (Å²) in [7, 11) is 0. The van der Waals surface area contributed by atoms with Crippen molar-refractivity contribution in [1.29, 1.82) is 0 Å². The molecular formula is C26H34Cl2N4O2. The van der Waals surface area contributed by atoms with E-state index in [1.165, 1.54) is 0 Å². The van der Waals surface area contributed by atoms with E-state index in [1.807, 2.05) is 61.5 Å². The van der Waals surface area contributed by atoms with E-state index in [0.717, 1.165) is 45.6 Å². The lowest BCUT2D eigenvalue weighted by Crippen LogP contribution is -2.18. The summed E-state index contributed by atoms with van der Waals surface area (Å²) in [5.74, 6) is 0.425. The van der Waals surface area contributed by atoms with Gasteiger partial charge in [-0.3, -0.25) is 10.3 Å². The monoisotopic (exact) mass is 504 g/mol. The van der Waals surface area contributed by atoms with Gasteiger partial charge in [-0.2, -0.15) is 0 Å². The molecule has 2 aromatic carbocycles. The van der Waals surface area contributed by atoms with Crippen LogP contribution in [0.25, 0.3) is 11.1 Å². The van der Waals surface area contributed by atoms with Crippen molar-refractivity contribution in [2.24, 2.45) is 17.4 Å². The molecule has 184 valence electrons. The van der Waals surface area contributed by atoms with Crippen LogP contribution in [0.3, 0.4) is 0 Å². The van der Waals surface area contributed by atoms with Gasteiger partial charge in [-0.25, -0.2) is 4.79 Å². The van der Waals surface area contributed by atoms with E-state index < -0.39 is 6.09 Å². The Hall–Kier alpha value is -2.64. The third-order valence-corrected chi connectivity index (χ3v) is 5.29. The standard InChI is InChI=1S/C26H32N4O2.2ClH/c1-17(2)13-23-22(15-28)24(21-11-9-19(14-27)10-12-21)25(18(3)29-23)30-26(31)32-16-20-7-5-4-6-8-20;;/h4-12,17H,13-16,27-28H2,1-3H3,(H,30,31);2*1H. The van der Waals surface area contributed by atoms with E-state index in [-0.39, 0.29) is 31.4 Å². The Bertz CT molecular complexity index is 1060. The van der Waals surface area contributed by atoms with Crippen molar-refractivity contribution in [2.45, 2.75) is 46.9 Å². The number of carbonyl (C=O) groups is 1. The first-order chi connectivity index (χ1) is 15.4. The number of halogens is 2. The Kier molecular flexibility index (Phi) is 12.0. The van der Waals surface area contributed by atoms with Gasteiger partial charge in [-0.15, -0.1) is 24.8 Å². The molecule has 0 saturated carbocycles.